The molecule has 1 aliphatic carbocycles. The van der Waals surface area contributed by atoms with Gasteiger partial charge in [-0.05, 0) is 50.6 Å². The van der Waals surface area contributed by atoms with Gasteiger partial charge in [-0.2, -0.15) is 0 Å². The minimum atomic E-state index is 0.102. The van der Waals surface area contributed by atoms with E-state index in [1.165, 1.54) is 19.3 Å². The van der Waals surface area contributed by atoms with Crippen LogP contribution in [-0.2, 0) is 11.3 Å². The number of oxazole rings is 1. The van der Waals surface area contributed by atoms with Crippen LogP contribution >= 0.6 is 11.3 Å². The first-order chi connectivity index (χ1) is 13.2. The molecule has 2 aromatic heterocycles. The molecule has 6 heteroatoms. The summed E-state index contributed by atoms with van der Waals surface area (Å²) in [6.45, 7) is 4.58. The van der Waals surface area contributed by atoms with E-state index >= 15 is 0 Å². The molecule has 0 bridgehead atoms. The minimum Gasteiger partial charge on any atom is -0.440 e. The van der Waals surface area contributed by atoms with Crippen LogP contribution in [0.15, 0.2) is 21.9 Å². The summed E-state index contributed by atoms with van der Waals surface area (Å²) in [5.74, 6) is 1.95. The number of hydrogen-bond donors (Lipinski definition) is 1. The number of nitrogens with one attached hydrogen (secondary N) is 1. The summed E-state index contributed by atoms with van der Waals surface area (Å²) in [6.07, 6.45) is 8.16. The molecule has 5 nitrogen and oxygen atoms in total. The molecule has 2 aromatic rings. The molecule has 2 fully saturated rings. The standard InChI is InChI=1S/C21H29N3O2S/c1-15-18(23-21(26-15)19-10-6-12-27-19)14-24-11-5-7-16(13-24)20(25)22-17-8-3-2-4-9-17/h6,10,12,16-17H,2-5,7-9,11,13-14H2,1H3,(H,22,25). The van der Waals surface area contributed by atoms with Gasteiger partial charge < -0.3 is 9.73 Å². The summed E-state index contributed by atoms with van der Waals surface area (Å²) in [5.41, 5.74) is 0.992. The summed E-state index contributed by atoms with van der Waals surface area (Å²) < 4.78 is 5.87. The number of piperidine rings is 1. The van der Waals surface area contributed by atoms with E-state index in [1.54, 1.807) is 11.3 Å². The predicted molar refractivity (Wildman–Crippen MR) is 108 cm³/mol. The molecule has 1 saturated heterocycles. The molecular formula is C21H29N3O2S. The van der Waals surface area contributed by atoms with Crippen LogP contribution in [0.4, 0.5) is 0 Å². The van der Waals surface area contributed by atoms with E-state index in [0.29, 0.717) is 11.9 Å². The monoisotopic (exact) mass is 387 g/mol. The quantitative estimate of drug-likeness (QED) is 0.827. The van der Waals surface area contributed by atoms with Crippen molar-refractivity contribution in [2.24, 2.45) is 5.92 Å². The number of aryl methyl sites for hydroxylation is 1. The van der Waals surface area contributed by atoms with E-state index in [0.717, 1.165) is 61.6 Å². The molecule has 0 spiro atoms. The Morgan fingerprint density at radius 2 is 2.15 bits per heavy atom. The molecule has 1 unspecified atom stereocenters. The molecule has 0 aromatic carbocycles. The van der Waals surface area contributed by atoms with Gasteiger partial charge >= 0.3 is 0 Å². The topological polar surface area (TPSA) is 58.4 Å². The lowest BCUT2D eigenvalue weighted by molar-refractivity contribution is -0.127. The second kappa shape index (κ2) is 8.57. The summed E-state index contributed by atoms with van der Waals surface area (Å²) in [4.78, 5) is 20.9. The van der Waals surface area contributed by atoms with E-state index in [4.69, 9.17) is 9.40 Å². The van der Waals surface area contributed by atoms with Crippen LogP contribution in [0.2, 0.25) is 0 Å². The number of nitrogens with zero attached hydrogens (tertiary/aromatic N) is 2. The van der Waals surface area contributed by atoms with Gasteiger partial charge in [0.25, 0.3) is 0 Å². The fourth-order valence-corrected chi connectivity index (χ4v) is 4.92. The normalized spacial score (nSPS) is 22.0. The molecule has 0 radical (unpaired) electrons. The lowest BCUT2D eigenvalue weighted by atomic mass is 9.93. The summed E-state index contributed by atoms with van der Waals surface area (Å²) in [6, 6.07) is 4.44. The Hall–Kier alpha value is -1.66. The second-order valence-electron chi connectivity index (χ2n) is 7.92. The maximum absolute atomic E-state index is 12.7. The Kier molecular flexibility index (Phi) is 5.93. The third-order valence-electron chi connectivity index (χ3n) is 5.83. The smallest absolute Gasteiger partial charge is 0.236 e. The maximum atomic E-state index is 12.7. The van der Waals surface area contributed by atoms with Gasteiger partial charge in [0.05, 0.1) is 16.5 Å². The molecule has 4 rings (SSSR count). The number of aromatic nitrogens is 1. The van der Waals surface area contributed by atoms with Crippen molar-refractivity contribution in [2.75, 3.05) is 13.1 Å². The van der Waals surface area contributed by atoms with E-state index in [9.17, 15) is 4.79 Å². The molecule has 146 valence electrons. The zero-order chi connectivity index (χ0) is 18.6. The lowest BCUT2D eigenvalue weighted by Crippen LogP contribution is -2.46. The van der Waals surface area contributed by atoms with E-state index < -0.39 is 0 Å². The third kappa shape index (κ3) is 4.61. The number of likely N-dealkylation sites (tertiary alicyclic amines) is 1. The van der Waals surface area contributed by atoms with Crippen molar-refractivity contribution in [1.82, 2.24) is 15.2 Å². The Morgan fingerprint density at radius 3 is 2.93 bits per heavy atom. The van der Waals surface area contributed by atoms with Crippen LogP contribution in [-0.4, -0.2) is 34.9 Å². The van der Waals surface area contributed by atoms with Crippen molar-refractivity contribution in [2.45, 2.75) is 64.5 Å². The van der Waals surface area contributed by atoms with Crippen LogP contribution in [0.3, 0.4) is 0 Å². The van der Waals surface area contributed by atoms with E-state index in [-0.39, 0.29) is 11.8 Å². The van der Waals surface area contributed by atoms with Crippen molar-refractivity contribution in [3.8, 4) is 10.8 Å². The Balaban J connectivity index is 1.35. The van der Waals surface area contributed by atoms with Crippen LogP contribution in [0, 0.1) is 12.8 Å². The van der Waals surface area contributed by atoms with Crippen LogP contribution < -0.4 is 5.32 Å². The van der Waals surface area contributed by atoms with Crippen molar-refractivity contribution in [3.63, 3.8) is 0 Å². The van der Waals surface area contributed by atoms with E-state index in [2.05, 4.69) is 10.2 Å². The van der Waals surface area contributed by atoms with Gasteiger partial charge in [0.2, 0.25) is 11.8 Å². The van der Waals surface area contributed by atoms with E-state index in [1.807, 2.05) is 24.4 Å². The summed E-state index contributed by atoms with van der Waals surface area (Å²) in [5, 5.41) is 5.35. The average Bonchev–Trinajstić information content (AvgIpc) is 3.33. The largest absolute Gasteiger partial charge is 0.440 e. The van der Waals surface area contributed by atoms with Gasteiger partial charge in [0, 0.05) is 19.1 Å². The fraction of sp³-hybridized carbons (Fsp3) is 0.619. The molecule has 3 heterocycles. The molecule has 2 aliphatic rings. The first-order valence-electron chi connectivity index (χ1n) is 10.2. The van der Waals surface area contributed by atoms with Crippen molar-refractivity contribution < 1.29 is 9.21 Å². The molecular weight excluding hydrogens is 358 g/mol. The zero-order valence-corrected chi connectivity index (χ0v) is 16.9. The van der Waals surface area contributed by atoms with Crippen molar-refractivity contribution in [3.05, 3.63) is 29.0 Å². The van der Waals surface area contributed by atoms with Gasteiger partial charge in [-0.15, -0.1) is 11.3 Å². The first-order valence-corrected chi connectivity index (χ1v) is 11.1. The number of carbonyl (C=O) groups is 1. The number of amides is 1. The summed E-state index contributed by atoms with van der Waals surface area (Å²) in [7, 11) is 0. The number of rotatable bonds is 5. The van der Waals surface area contributed by atoms with Crippen LogP contribution in [0.5, 0.6) is 0 Å². The molecule has 27 heavy (non-hydrogen) atoms. The number of hydrogen-bond acceptors (Lipinski definition) is 5. The van der Waals surface area contributed by atoms with Gasteiger partial charge in [-0.3, -0.25) is 9.69 Å². The Labute approximate surface area is 165 Å². The summed E-state index contributed by atoms with van der Waals surface area (Å²) >= 11 is 1.64. The number of carbonyl (C=O) groups excluding carboxylic acids is 1. The highest BCUT2D eigenvalue weighted by Gasteiger charge is 2.28. The van der Waals surface area contributed by atoms with Gasteiger partial charge in [0.15, 0.2) is 0 Å². The highest BCUT2D eigenvalue weighted by molar-refractivity contribution is 7.13. The zero-order valence-electron chi connectivity index (χ0n) is 16.1. The van der Waals surface area contributed by atoms with Gasteiger partial charge in [-0.1, -0.05) is 25.3 Å². The fourth-order valence-electron chi connectivity index (χ4n) is 4.27. The average molecular weight is 388 g/mol. The highest BCUT2D eigenvalue weighted by Crippen LogP contribution is 2.27. The van der Waals surface area contributed by atoms with Crippen molar-refractivity contribution in [1.29, 1.82) is 0 Å². The van der Waals surface area contributed by atoms with Gasteiger partial charge in [0.1, 0.15) is 5.76 Å². The Morgan fingerprint density at radius 1 is 1.30 bits per heavy atom. The molecule has 1 atom stereocenters. The van der Waals surface area contributed by atoms with Crippen LogP contribution in [0.25, 0.3) is 10.8 Å². The highest BCUT2D eigenvalue weighted by atomic mass is 32.1. The molecule has 1 aliphatic heterocycles. The van der Waals surface area contributed by atoms with Crippen LogP contribution in [0.1, 0.15) is 56.4 Å². The van der Waals surface area contributed by atoms with Crippen molar-refractivity contribution >= 4 is 17.2 Å². The maximum Gasteiger partial charge on any atom is 0.236 e. The lowest BCUT2D eigenvalue weighted by Gasteiger charge is -2.33. The third-order valence-corrected chi connectivity index (χ3v) is 6.68. The second-order valence-corrected chi connectivity index (χ2v) is 8.86. The molecule has 1 N–H and O–H groups in total. The predicted octanol–water partition coefficient (Wildman–Crippen LogP) is 4.37. The molecule has 1 saturated carbocycles. The van der Waals surface area contributed by atoms with Gasteiger partial charge in [-0.25, -0.2) is 4.98 Å². The minimum absolute atomic E-state index is 0.102. The molecule has 1 amide bonds. The SMILES string of the molecule is Cc1oc(-c2cccs2)nc1CN1CCCC(C(=O)NC2CCCCC2)C1. The Bertz CT molecular complexity index is 750. The number of thiophene rings is 1. The first kappa shape index (κ1) is 18.7.